The second-order valence-corrected chi connectivity index (χ2v) is 9.23. The number of anilines is 2. The van der Waals surface area contributed by atoms with Crippen LogP contribution in [-0.4, -0.2) is 27.8 Å². The van der Waals surface area contributed by atoms with Gasteiger partial charge >= 0.3 is 0 Å². The first-order chi connectivity index (χ1) is 16.5. The minimum absolute atomic E-state index is 0.243. The van der Waals surface area contributed by atoms with E-state index in [-0.39, 0.29) is 5.91 Å². The number of amides is 1. The number of rotatable bonds is 5. The van der Waals surface area contributed by atoms with Crippen LogP contribution in [0.5, 0.6) is 5.75 Å². The molecule has 0 radical (unpaired) electrons. The number of aryl methyl sites for hydroxylation is 1. The third kappa shape index (κ3) is 3.85. The average Bonchev–Trinajstić information content (AvgIpc) is 3.44. The van der Waals surface area contributed by atoms with Crippen molar-refractivity contribution >= 4 is 40.5 Å². The van der Waals surface area contributed by atoms with Gasteiger partial charge in [-0.3, -0.25) is 4.79 Å². The molecule has 1 atom stereocenters. The van der Waals surface area contributed by atoms with Gasteiger partial charge in [0, 0.05) is 16.1 Å². The Balaban J connectivity index is 1.61. The molecule has 2 N–H and O–H groups in total. The van der Waals surface area contributed by atoms with Gasteiger partial charge in [0.15, 0.2) is 5.82 Å². The number of hydrogen-bond donors (Lipinski definition) is 2. The first kappa shape index (κ1) is 22.2. The fraction of sp³-hybridized carbons (Fsp3) is 0.160. The van der Waals surface area contributed by atoms with Crippen LogP contribution in [-0.2, 0) is 4.79 Å². The first-order valence-electron chi connectivity index (χ1n) is 10.7. The van der Waals surface area contributed by atoms with E-state index in [9.17, 15) is 4.79 Å². The minimum Gasteiger partial charge on any atom is -0.495 e. The highest BCUT2D eigenvalue weighted by Crippen LogP contribution is 2.41. The molecule has 2 aromatic carbocycles. The van der Waals surface area contributed by atoms with Crippen molar-refractivity contribution in [2.45, 2.75) is 19.9 Å². The largest absolute Gasteiger partial charge is 0.495 e. The SMILES string of the molecule is COc1ccccc1NC(=O)C1=C(C)Nc2nc(-c3ccccc3Cl)nn2C1c1sccc1C. The number of benzene rings is 2. The van der Waals surface area contributed by atoms with E-state index in [1.54, 1.807) is 29.2 Å². The van der Waals surface area contributed by atoms with Crippen molar-refractivity contribution in [1.29, 1.82) is 0 Å². The average molecular weight is 492 g/mol. The van der Waals surface area contributed by atoms with Crippen LogP contribution in [0.2, 0.25) is 5.02 Å². The Morgan fingerprint density at radius 3 is 2.65 bits per heavy atom. The molecule has 1 amide bonds. The molecule has 5 rings (SSSR count). The van der Waals surface area contributed by atoms with Gasteiger partial charge in [-0.25, -0.2) is 4.68 Å². The summed E-state index contributed by atoms with van der Waals surface area (Å²) in [6, 6.07) is 16.4. The predicted molar refractivity (Wildman–Crippen MR) is 136 cm³/mol. The second kappa shape index (κ2) is 8.96. The fourth-order valence-corrected chi connectivity index (χ4v) is 5.29. The zero-order valence-corrected chi connectivity index (χ0v) is 20.4. The van der Waals surface area contributed by atoms with E-state index in [1.165, 1.54) is 0 Å². The minimum atomic E-state index is -0.449. The van der Waals surface area contributed by atoms with Crippen LogP contribution in [0.3, 0.4) is 0 Å². The van der Waals surface area contributed by atoms with E-state index in [1.807, 2.05) is 67.8 Å². The number of ether oxygens (including phenoxy) is 1. The molecule has 3 heterocycles. The van der Waals surface area contributed by atoms with Gasteiger partial charge in [0.2, 0.25) is 5.95 Å². The van der Waals surface area contributed by atoms with Gasteiger partial charge in [0.05, 0.1) is 23.4 Å². The second-order valence-electron chi connectivity index (χ2n) is 7.87. The summed E-state index contributed by atoms with van der Waals surface area (Å²) in [5.74, 6) is 1.39. The standard InChI is InChI=1S/C25H22ClN5O2S/c1-14-12-13-34-22(14)21-20(24(32)28-18-10-6-7-11-19(18)33-3)15(2)27-25-29-23(30-31(21)25)16-8-4-5-9-17(16)26/h4-13,21H,1-3H3,(H,28,32)(H,27,29,30). The van der Waals surface area contributed by atoms with Crippen LogP contribution in [0.4, 0.5) is 11.6 Å². The Labute approximate surface area is 206 Å². The van der Waals surface area contributed by atoms with E-state index in [4.69, 9.17) is 26.4 Å². The fourth-order valence-electron chi connectivity index (χ4n) is 4.05. The number of allylic oxidation sites excluding steroid dienone is 1. The van der Waals surface area contributed by atoms with Crippen molar-refractivity contribution < 1.29 is 9.53 Å². The van der Waals surface area contributed by atoms with E-state index in [0.29, 0.717) is 39.5 Å². The molecule has 4 aromatic rings. The number of halogens is 1. The quantitative estimate of drug-likeness (QED) is 0.363. The van der Waals surface area contributed by atoms with Crippen LogP contribution in [0.15, 0.2) is 71.2 Å². The van der Waals surface area contributed by atoms with Crippen molar-refractivity contribution in [1.82, 2.24) is 14.8 Å². The summed E-state index contributed by atoms with van der Waals surface area (Å²) in [7, 11) is 1.58. The van der Waals surface area contributed by atoms with Crippen LogP contribution >= 0.6 is 22.9 Å². The number of nitrogens with zero attached hydrogens (tertiary/aromatic N) is 3. The Morgan fingerprint density at radius 2 is 1.91 bits per heavy atom. The number of thiophene rings is 1. The molecule has 172 valence electrons. The van der Waals surface area contributed by atoms with Crippen LogP contribution < -0.4 is 15.4 Å². The number of methoxy groups -OCH3 is 1. The molecule has 1 aliphatic heterocycles. The number of para-hydroxylation sites is 2. The summed E-state index contributed by atoms with van der Waals surface area (Å²) < 4.78 is 7.18. The van der Waals surface area contributed by atoms with Crippen molar-refractivity contribution in [2.75, 3.05) is 17.7 Å². The molecule has 0 aliphatic carbocycles. The normalized spacial score (nSPS) is 15.0. The first-order valence-corrected chi connectivity index (χ1v) is 11.9. The molecule has 34 heavy (non-hydrogen) atoms. The van der Waals surface area contributed by atoms with Gasteiger partial charge in [-0.2, -0.15) is 4.98 Å². The Morgan fingerprint density at radius 1 is 1.15 bits per heavy atom. The zero-order chi connectivity index (χ0) is 23.8. The summed E-state index contributed by atoms with van der Waals surface area (Å²) in [6.45, 7) is 3.91. The van der Waals surface area contributed by atoms with Gasteiger partial charge < -0.3 is 15.4 Å². The third-order valence-electron chi connectivity index (χ3n) is 5.72. The van der Waals surface area contributed by atoms with Gasteiger partial charge in [-0.1, -0.05) is 35.9 Å². The van der Waals surface area contributed by atoms with Gasteiger partial charge in [-0.15, -0.1) is 16.4 Å². The predicted octanol–water partition coefficient (Wildman–Crippen LogP) is 5.90. The lowest BCUT2D eigenvalue weighted by Gasteiger charge is -2.28. The van der Waals surface area contributed by atoms with Crippen molar-refractivity contribution in [3.63, 3.8) is 0 Å². The molecule has 0 bridgehead atoms. The summed E-state index contributed by atoms with van der Waals surface area (Å²) in [6.07, 6.45) is 0. The van der Waals surface area contributed by atoms with Gasteiger partial charge in [0.1, 0.15) is 11.8 Å². The third-order valence-corrected chi connectivity index (χ3v) is 7.12. The zero-order valence-electron chi connectivity index (χ0n) is 18.8. The molecule has 0 saturated heterocycles. The topological polar surface area (TPSA) is 81.1 Å². The summed E-state index contributed by atoms with van der Waals surface area (Å²) in [5, 5.41) is 13.7. The number of carbonyl (C=O) groups is 1. The van der Waals surface area contributed by atoms with Crippen molar-refractivity contribution in [2.24, 2.45) is 0 Å². The summed E-state index contributed by atoms with van der Waals surface area (Å²) in [5.41, 5.74) is 3.66. The van der Waals surface area contributed by atoms with E-state index >= 15 is 0 Å². The van der Waals surface area contributed by atoms with Crippen LogP contribution in [0.1, 0.15) is 23.4 Å². The maximum Gasteiger partial charge on any atom is 0.256 e. The highest BCUT2D eigenvalue weighted by molar-refractivity contribution is 7.10. The van der Waals surface area contributed by atoms with Gasteiger partial charge in [0.25, 0.3) is 5.91 Å². The van der Waals surface area contributed by atoms with E-state index in [2.05, 4.69) is 10.6 Å². The molecule has 9 heteroatoms. The lowest BCUT2D eigenvalue weighted by Crippen LogP contribution is -2.31. The summed E-state index contributed by atoms with van der Waals surface area (Å²) in [4.78, 5) is 19.4. The molecule has 1 unspecified atom stereocenters. The molecule has 0 spiro atoms. The number of nitrogens with one attached hydrogen (secondary N) is 2. The smallest absolute Gasteiger partial charge is 0.256 e. The molecular formula is C25H22ClN5O2S. The molecule has 1 aliphatic rings. The lowest BCUT2D eigenvalue weighted by molar-refractivity contribution is -0.113. The Kier molecular flexibility index (Phi) is 5.85. The number of hydrogen-bond acceptors (Lipinski definition) is 6. The van der Waals surface area contributed by atoms with Crippen LogP contribution in [0.25, 0.3) is 11.4 Å². The van der Waals surface area contributed by atoms with E-state index in [0.717, 1.165) is 16.0 Å². The Hall–Kier alpha value is -3.62. The molecule has 0 saturated carbocycles. The highest BCUT2D eigenvalue weighted by Gasteiger charge is 2.36. The molecule has 7 nitrogen and oxygen atoms in total. The molecule has 0 fully saturated rings. The highest BCUT2D eigenvalue weighted by atomic mass is 35.5. The maximum atomic E-state index is 13.7. The number of aromatic nitrogens is 3. The van der Waals surface area contributed by atoms with Gasteiger partial charge in [-0.05, 0) is 55.1 Å². The monoisotopic (exact) mass is 491 g/mol. The molecular weight excluding hydrogens is 470 g/mol. The lowest BCUT2D eigenvalue weighted by atomic mass is 9.98. The molecule has 2 aromatic heterocycles. The van der Waals surface area contributed by atoms with Crippen molar-refractivity contribution in [3.8, 4) is 17.1 Å². The Bertz CT molecular complexity index is 1420. The number of carbonyl (C=O) groups excluding carboxylic acids is 1. The maximum absolute atomic E-state index is 13.7. The van der Waals surface area contributed by atoms with Crippen molar-refractivity contribution in [3.05, 3.63) is 86.7 Å². The van der Waals surface area contributed by atoms with E-state index < -0.39 is 6.04 Å². The number of fused-ring (bicyclic) bond motifs is 1. The van der Waals surface area contributed by atoms with Crippen LogP contribution in [0, 0.1) is 6.92 Å². The summed E-state index contributed by atoms with van der Waals surface area (Å²) >= 11 is 8.00.